The molecule has 0 aliphatic carbocycles. The Balaban J connectivity index is 3.01. The van der Waals surface area contributed by atoms with Crippen LogP contribution in [0.1, 0.15) is 38.4 Å². The lowest BCUT2D eigenvalue weighted by atomic mass is 9.86. The largest absolute Gasteiger partial charge is 0.417 e. The summed E-state index contributed by atoms with van der Waals surface area (Å²) in [5, 5.41) is 0. The Morgan fingerprint density at radius 1 is 1.20 bits per heavy atom. The van der Waals surface area contributed by atoms with Crippen LogP contribution in [0.25, 0.3) is 0 Å². The van der Waals surface area contributed by atoms with Gasteiger partial charge in [-0.25, -0.2) is 0 Å². The molecule has 1 nitrogen and oxygen atoms in total. The Kier molecular flexibility index (Phi) is 3.07. The molecule has 0 radical (unpaired) electrons. The van der Waals surface area contributed by atoms with Crippen LogP contribution in [-0.4, -0.2) is 4.98 Å². The number of pyridine rings is 1. The minimum Gasteiger partial charge on any atom is -0.260 e. The van der Waals surface area contributed by atoms with Crippen molar-refractivity contribution in [2.75, 3.05) is 0 Å². The zero-order chi connectivity index (χ0) is 11.7. The van der Waals surface area contributed by atoms with Gasteiger partial charge in [0.15, 0.2) is 0 Å². The SMILES string of the molecule is CCC(C)(C)c1ccc(C(F)(F)F)cn1. The molecule has 15 heavy (non-hydrogen) atoms. The average Bonchev–Trinajstić information content (AvgIpc) is 2.17. The van der Waals surface area contributed by atoms with E-state index in [1.807, 2.05) is 20.8 Å². The van der Waals surface area contributed by atoms with Crippen molar-refractivity contribution in [2.24, 2.45) is 0 Å². The number of nitrogens with zero attached hydrogens (tertiary/aromatic N) is 1. The molecule has 0 N–H and O–H groups in total. The molecular weight excluding hydrogens is 203 g/mol. The second kappa shape index (κ2) is 3.83. The molecular formula is C11H14F3N. The molecule has 0 fully saturated rings. The lowest BCUT2D eigenvalue weighted by Gasteiger charge is -2.22. The third kappa shape index (κ3) is 2.70. The number of hydrogen-bond donors (Lipinski definition) is 0. The number of aromatic nitrogens is 1. The topological polar surface area (TPSA) is 12.9 Å². The van der Waals surface area contributed by atoms with Crippen LogP contribution in [0.2, 0.25) is 0 Å². The van der Waals surface area contributed by atoms with E-state index in [1.165, 1.54) is 6.07 Å². The molecule has 4 heteroatoms. The summed E-state index contributed by atoms with van der Waals surface area (Å²) in [7, 11) is 0. The lowest BCUT2D eigenvalue weighted by molar-refractivity contribution is -0.137. The van der Waals surface area contributed by atoms with Crippen LogP contribution < -0.4 is 0 Å². The molecule has 0 unspecified atom stereocenters. The summed E-state index contributed by atoms with van der Waals surface area (Å²) in [6.07, 6.45) is -2.57. The van der Waals surface area contributed by atoms with Crippen LogP contribution in [0.15, 0.2) is 18.3 Å². The number of halogens is 3. The molecule has 0 aliphatic rings. The van der Waals surface area contributed by atoms with E-state index in [1.54, 1.807) is 0 Å². The smallest absolute Gasteiger partial charge is 0.260 e. The first-order valence-electron chi connectivity index (χ1n) is 4.81. The molecule has 0 aromatic carbocycles. The van der Waals surface area contributed by atoms with Crippen molar-refractivity contribution in [3.63, 3.8) is 0 Å². The second-order valence-electron chi connectivity index (χ2n) is 4.17. The number of hydrogen-bond acceptors (Lipinski definition) is 1. The summed E-state index contributed by atoms with van der Waals surface area (Å²) in [6, 6.07) is 2.53. The molecule has 1 rings (SSSR count). The predicted octanol–water partition coefficient (Wildman–Crippen LogP) is 3.79. The highest BCUT2D eigenvalue weighted by molar-refractivity contribution is 5.21. The molecule has 0 bridgehead atoms. The Bertz CT molecular complexity index is 325. The molecule has 0 spiro atoms. The van der Waals surface area contributed by atoms with Gasteiger partial charge in [-0.1, -0.05) is 20.8 Å². The number of rotatable bonds is 2. The fraction of sp³-hybridized carbons (Fsp3) is 0.545. The lowest BCUT2D eigenvalue weighted by Crippen LogP contribution is -2.18. The minimum atomic E-state index is -4.30. The van der Waals surface area contributed by atoms with Gasteiger partial charge in [-0.05, 0) is 18.6 Å². The van der Waals surface area contributed by atoms with Crippen LogP contribution in [0.4, 0.5) is 13.2 Å². The van der Waals surface area contributed by atoms with Crippen molar-refractivity contribution < 1.29 is 13.2 Å². The Morgan fingerprint density at radius 2 is 1.80 bits per heavy atom. The summed E-state index contributed by atoms with van der Waals surface area (Å²) in [5.41, 5.74) is -0.180. The van der Waals surface area contributed by atoms with Gasteiger partial charge in [0.1, 0.15) is 0 Å². The van der Waals surface area contributed by atoms with Crippen LogP contribution in [0.5, 0.6) is 0 Å². The first-order valence-corrected chi connectivity index (χ1v) is 4.81. The number of alkyl halides is 3. The Labute approximate surface area is 87.3 Å². The predicted molar refractivity (Wildman–Crippen MR) is 52.6 cm³/mol. The first kappa shape index (κ1) is 12.0. The molecule has 0 saturated carbocycles. The van der Waals surface area contributed by atoms with Crippen molar-refractivity contribution in [3.05, 3.63) is 29.6 Å². The van der Waals surface area contributed by atoms with Gasteiger partial charge in [0.25, 0.3) is 0 Å². The monoisotopic (exact) mass is 217 g/mol. The third-order valence-corrected chi connectivity index (χ3v) is 2.67. The van der Waals surface area contributed by atoms with E-state index in [9.17, 15) is 13.2 Å². The third-order valence-electron chi connectivity index (χ3n) is 2.67. The maximum atomic E-state index is 12.3. The van der Waals surface area contributed by atoms with Gasteiger partial charge < -0.3 is 0 Å². The Hall–Kier alpha value is -1.06. The van der Waals surface area contributed by atoms with Gasteiger partial charge in [-0.15, -0.1) is 0 Å². The van der Waals surface area contributed by atoms with Crippen molar-refractivity contribution in [1.29, 1.82) is 0 Å². The summed E-state index contributed by atoms with van der Waals surface area (Å²) < 4.78 is 36.8. The van der Waals surface area contributed by atoms with E-state index in [0.29, 0.717) is 5.69 Å². The van der Waals surface area contributed by atoms with Crippen molar-refractivity contribution >= 4 is 0 Å². The van der Waals surface area contributed by atoms with E-state index < -0.39 is 11.7 Å². The molecule has 1 aromatic heterocycles. The van der Waals surface area contributed by atoms with Crippen molar-refractivity contribution in [1.82, 2.24) is 4.98 Å². The van der Waals surface area contributed by atoms with Gasteiger partial charge in [0.2, 0.25) is 0 Å². The van der Waals surface area contributed by atoms with E-state index in [4.69, 9.17) is 0 Å². The highest BCUT2D eigenvalue weighted by Gasteiger charge is 2.31. The zero-order valence-electron chi connectivity index (χ0n) is 9.02. The summed E-state index contributed by atoms with van der Waals surface area (Å²) in [6.45, 7) is 5.91. The molecule has 1 aromatic rings. The van der Waals surface area contributed by atoms with Crippen molar-refractivity contribution in [2.45, 2.75) is 38.8 Å². The fourth-order valence-electron chi connectivity index (χ4n) is 1.14. The average molecular weight is 217 g/mol. The van der Waals surface area contributed by atoms with Gasteiger partial charge in [-0.3, -0.25) is 4.98 Å². The molecule has 0 atom stereocenters. The molecule has 0 aliphatic heterocycles. The van der Waals surface area contributed by atoms with E-state index >= 15 is 0 Å². The second-order valence-corrected chi connectivity index (χ2v) is 4.17. The maximum absolute atomic E-state index is 12.3. The van der Waals surface area contributed by atoms with E-state index in [2.05, 4.69) is 4.98 Å². The standard InChI is InChI=1S/C11H14F3N/c1-4-10(2,3)9-6-5-8(7-15-9)11(12,13)14/h5-7H,4H2,1-3H3. The Morgan fingerprint density at radius 3 is 2.13 bits per heavy atom. The van der Waals surface area contributed by atoms with Gasteiger partial charge in [0, 0.05) is 17.3 Å². The molecule has 84 valence electrons. The highest BCUT2D eigenvalue weighted by Crippen LogP contribution is 2.30. The zero-order valence-corrected chi connectivity index (χ0v) is 9.02. The van der Waals surface area contributed by atoms with E-state index in [-0.39, 0.29) is 5.41 Å². The van der Waals surface area contributed by atoms with Crippen LogP contribution >= 0.6 is 0 Å². The quantitative estimate of drug-likeness (QED) is 0.734. The van der Waals surface area contributed by atoms with Crippen molar-refractivity contribution in [3.8, 4) is 0 Å². The molecule has 1 heterocycles. The summed E-state index contributed by atoms with van der Waals surface area (Å²) in [5.74, 6) is 0. The van der Waals surface area contributed by atoms with Crippen LogP contribution in [0.3, 0.4) is 0 Å². The first-order chi connectivity index (χ1) is 6.77. The summed E-state index contributed by atoms with van der Waals surface area (Å²) in [4.78, 5) is 3.87. The minimum absolute atomic E-state index is 0.176. The van der Waals surface area contributed by atoms with Gasteiger partial charge in [-0.2, -0.15) is 13.2 Å². The normalized spacial score (nSPS) is 12.9. The highest BCUT2D eigenvalue weighted by atomic mass is 19.4. The van der Waals surface area contributed by atoms with E-state index in [0.717, 1.165) is 18.7 Å². The summed E-state index contributed by atoms with van der Waals surface area (Å²) >= 11 is 0. The fourth-order valence-corrected chi connectivity index (χ4v) is 1.14. The van der Waals surface area contributed by atoms with Crippen LogP contribution in [-0.2, 0) is 11.6 Å². The molecule has 0 saturated heterocycles. The molecule has 0 amide bonds. The van der Waals surface area contributed by atoms with Crippen LogP contribution in [0, 0.1) is 0 Å². The maximum Gasteiger partial charge on any atom is 0.417 e. The van der Waals surface area contributed by atoms with Gasteiger partial charge >= 0.3 is 6.18 Å². The van der Waals surface area contributed by atoms with Gasteiger partial charge in [0.05, 0.1) is 5.56 Å².